The van der Waals surface area contributed by atoms with Gasteiger partial charge in [-0.2, -0.15) is 0 Å². The summed E-state index contributed by atoms with van der Waals surface area (Å²) >= 11 is 0. The fraction of sp³-hybridized carbons (Fsp3) is 0.333. The van der Waals surface area contributed by atoms with Crippen LogP contribution in [0, 0.1) is 24.0 Å². The van der Waals surface area contributed by atoms with Crippen molar-refractivity contribution in [2.24, 2.45) is 0 Å². The standard InChI is InChI=1S/C9H12N2O2/c1-6-4-5-8(10-3)9(7(6)2)11(12)13/h4-5,10H,1-3H3. The minimum atomic E-state index is -0.353. The van der Waals surface area contributed by atoms with Crippen molar-refractivity contribution in [1.82, 2.24) is 0 Å². The van der Waals surface area contributed by atoms with E-state index in [1.54, 1.807) is 20.0 Å². The quantitative estimate of drug-likeness (QED) is 0.561. The maximum atomic E-state index is 10.7. The highest BCUT2D eigenvalue weighted by Crippen LogP contribution is 2.29. The molecule has 1 aromatic carbocycles. The highest BCUT2D eigenvalue weighted by molar-refractivity contribution is 5.66. The van der Waals surface area contributed by atoms with Gasteiger partial charge in [0.05, 0.1) is 4.92 Å². The monoisotopic (exact) mass is 180 g/mol. The molecule has 0 aliphatic carbocycles. The van der Waals surface area contributed by atoms with Crippen molar-refractivity contribution in [3.05, 3.63) is 33.4 Å². The predicted molar refractivity (Wildman–Crippen MR) is 52.1 cm³/mol. The first-order chi connectivity index (χ1) is 6.07. The number of hydrogen-bond acceptors (Lipinski definition) is 3. The van der Waals surface area contributed by atoms with Gasteiger partial charge in [0.1, 0.15) is 5.69 Å². The lowest BCUT2D eigenvalue weighted by atomic mass is 10.1. The maximum Gasteiger partial charge on any atom is 0.295 e. The Bertz CT molecular complexity index is 348. The van der Waals surface area contributed by atoms with Gasteiger partial charge in [-0.3, -0.25) is 10.1 Å². The van der Waals surface area contributed by atoms with E-state index in [0.29, 0.717) is 5.69 Å². The summed E-state index contributed by atoms with van der Waals surface area (Å²) in [6.45, 7) is 3.62. The summed E-state index contributed by atoms with van der Waals surface area (Å²) in [7, 11) is 1.68. The molecule has 1 N–H and O–H groups in total. The van der Waals surface area contributed by atoms with Gasteiger partial charge in [0.15, 0.2) is 0 Å². The smallest absolute Gasteiger partial charge is 0.295 e. The molecule has 0 bridgehead atoms. The topological polar surface area (TPSA) is 55.2 Å². The Kier molecular flexibility index (Phi) is 2.51. The van der Waals surface area contributed by atoms with Gasteiger partial charge in [0.2, 0.25) is 0 Å². The zero-order valence-electron chi connectivity index (χ0n) is 7.92. The van der Waals surface area contributed by atoms with Gasteiger partial charge in [0.25, 0.3) is 5.69 Å². The number of nitro groups is 1. The summed E-state index contributed by atoms with van der Waals surface area (Å²) in [5.41, 5.74) is 2.39. The first-order valence-electron chi connectivity index (χ1n) is 4.00. The molecule has 0 saturated carbocycles. The van der Waals surface area contributed by atoms with Gasteiger partial charge in [-0.05, 0) is 25.5 Å². The van der Waals surface area contributed by atoms with Crippen LogP contribution in [0.1, 0.15) is 11.1 Å². The Labute approximate surface area is 76.7 Å². The minimum absolute atomic E-state index is 0.169. The van der Waals surface area contributed by atoms with Crippen molar-refractivity contribution in [2.75, 3.05) is 12.4 Å². The lowest BCUT2D eigenvalue weighted by Gasteiger charge is -2.06. The summed E-state index contributed by atoms with van der Waals surface area (Å²) < 4.78 is 0. The van der Waals surface area contributed by atoms with E-state index in [1.165, 1.54) is 0 Å². The van der Waals surface area contributed by atoms with E-state index in [4.69, 9.17) is 0 Å². The molecule has 1 aromatic rings. The molecular formula is C9H12N2O2. The molecule has 0 aliphatic rings. The maximum absolute atomic E-state index is 10.7. The summed E-state index contributed by atoms with van der Waals surface area (Å²) in [6, 6.07) is 3.59. The second-order valence-electron chi connectivity index (χ2n) is 2.91. The van der Waals surface area contributed by atoms with Crippen LogP contribution < -0.4 is 5.32 Å². The van der Waals surface area contributed by atoms with Gasteiger partial charge in [-0.25, -0.2) is 0 Å². The van der Waals surface area contributed by atoms with Crippen LogP contribution in [-0.2, 0) is 0 Å². The van der Waals surface area contributed by atoms with E-state index < -0.39 is 0 Å². The van der Waals surface area contributed by atoms with E-state index in [0.717, 1.165) is 11.1 Å². The summed E-state index contributed by atoms with van der Waals surface area (Å²) in [6.07, 6.45) is 0. The fourth-order valence-electron chi connectivity index (χ4n) is 1.24. The van der Waals surface area contributed by atoms with E-state index in [2.05, 4.69) is 5.32 Å². The lowest BCUT2D eigenvalue weighted by Crippen LogP contribution is -2.00. The largest absolute Gasteiger partial charge is 0.383 e. The molecule has 0 unspecified atom stereocenters. The molecule has 0 atom stereocenters. The summed E-state index contributed by atoms with van der Waals surface area (Å²) in [5, 5.41) is 13.5. The molecule has 4 heteroatoms. The molecular weight excluding hydrogens is 168 g/mol. The third kappa shape index (κ3) is 1.61. The molecule has 4 nitrogen and oxygen atoms in total. The Hall–Kier alpha value is -1.58. The number of nitrogens with one attached hydrogen (secondary N) is 1. The molecule has 70 valence electrons. The van der Waals surface area contributed by atoms with Crippen LogP contribution in [0.2, 0.25) is 0 Å². The Morgan fingerprint density at radius 3 is 2.46 bits per heavy atom. The predicted octanol–water partition coefficient (Wildman–Crippen LogP) is 2.25. The Balaban J connectivity index is 3.41. The second kappa shape index (κ2) is 3.43. The van der Waals surface area contributed by atoms with Crippen LogP contribution in [0.5, 0.6) is 0 Å². The number of aryl methyl sites for hydroxylation is 1. The third-order valence-corrected chi connectivity index (χ3v) is 2.15. The second-order valence-corrected chi connectivity index (χ2v) is 2.91. The number of hydrogen-bond donors (Lipinski definition) is 1. The van der Waals surface area contributed by atoms with Gasteiger partial charge in [-0.1, -0.05) is 6.07 Å². The molecule has 1 rings (SSSR count). The highest BCUT2D eigenvalue weighted by atomic mass is 16.6. The van der Waals surface area contributed by atoms with Gasteiger partial charge in [0, 0.05) is 12.6 Å². The Morgan fingerprint density at radius 1 is 1.38 bits per heavy atom. The molecule has 0 spiro atoms. The average Bonchev–Trinajstić information content (AvgIpc) is 2.08. The lowest BCUT2D eigenvalue weighted by molar-refractivity contribution is -0.384. The van der Waals surface area contributed by atoms with Crippen LogP contribution in [0.3, 0.4) is 0 Å². The normalized spacial score (nSPS) is 9.77. The zero-order valence-corrected chi connectivity index (χ0v) is 7.92. The first kappa shape index (κ1) is 9.51. The third-order valence-electron chi connectivity index (χ3n) is 2.15. The van der Waals surface area contributed by atoms with Crippen LogP contribution in [-0.4, -0.2) is 12.0 Å². The number of nitrogens with zero attached hydrogens (tertiary/aromatic N) is 1. The van der Waals surface area contributed by atoms with E-state index in [1.807, 2.05) is 13.0 Å². The minimum Gasteiger partial charge on any atom is -0.383 e. The number of anilines is 1. The summed E-state index contributed by atoms with van der Waals surface area (Å²) in [5.74, 6) is 0. The van der Waals surface area contributed by atoms with Gasteiger partial charge in [-0.15, -0.1) is 0 Å². The number of benzene rings is 1. The van der Waals surface area contributed by atoms with E-state index in [9.17, 15) is 10.1 Å². The molecule has 0 fully saturated rings. The van der Waals surface area contributed by atoms with E-state index >= 15 is 0 Å². The SMILES string of the molecule is CNc1ccc(C)c(C)c1[N+](=O)[O-]. The molecule has 0 saturated heterocycles. The first-order valence-corrected chi connectivity index (χ1v) is 4.00. The van der Waals surface area contributed by atoms with Gasteiger partial charge < -0.3 is 5.32 Å². The number of nitro benzene ring substituents is 1. The van der Waals surface area contributed by atoms with Crippen LogP contribution >= 0.6 is 0 Å². The van der Waals surface area contributed by atoms with Crippen molar-refractivity contribution in [3.8, 4) is 0 Å². The number of rotatable bonds is 2. The molecule has 0 aliphatic heterocycles. The molecule has 13 heavy (non-hydrogen) atoms. The van der Waals surface area contributed by atoms with Crippen molar-refractivity contribution >= 4 is 11.4 Å². The molecule has 0 heterocycles. The van der Waals surface area contributed by atoms with Crippen molar-refractivity contribution in [1.29, 1.82) is 0 Å². The summed E-state index contributed by atoms with van der Waals surface area (Å²) in [4.78, 5) is 10.4. The van der Waals surface area contributed by atoms with E-state index in [-0.39, 0.29) is 10.6 Å². The molecule has 0 amide bonds. The van der Waals surface area contributed by atoms with Crippen LogP contribution in [0.4, 0.5) is 11.4 Å². The van der Waals surface area contributed by atoms with Crippen molar-refractivity contribution < 1.29 is 4.92 Å². The highest BCUT2D eigenvalue weighted by Gasteiger charge is 2.17. The molecule has 0 aromatic heterocycles. The fourth-order valence-corrected chi connectivity index (χ4v) is 1.24. The Morgan fingerprint density at radius 2 is 2.00 bits per heavy atom. The van der Waals surface area contributed by atoms with Crippen molar-refractivity contribution in [3.63, 3.8) is 0 Å². The molecule has 0 radical (unpaired) electrons. The van der Waals surface area contributed by atoms with Gasteiger partial charge >= 0.3 is 0 Å². The van der Waals surface area contributed by atoms with Crippen LogP contribution in [0.15, 0.2) is 12.1 Å². The average molecular weight is 180 g/mol. The van der Waals surface area contributed by atoms with Crippen LogP contribution in [0.25, 0.3) is 0 Å². The zero-order chi connectivity index (χ0) is 10.0. The van der Waals surface area contributed by atoms with Crippen molar-refractivity contribution in [2.45, 2.75) is 13.8 Å².